The summed E-state index contributed by atoms with van der Waals surface area (Å²) in [4.78, 5) is 2.40. The predicted molar refractivity (Wildman–Crippen MR) is 75.6 cm³/mol. The van der Waals surface area contributed by atoms with E-state index in [0.717, 1.165) is 32.1 Å². The summed E-state index contributed by atoms with van der Waals surface area (Å²) in [7, 11) is 2.16. The molecule has 0 bridgehead atoms. The monoisotopic (exact) mass is 257 g/mol. The van der Waals surface area contributed by atoms with Crippen LogP contribution in [0.15, 0.2) is 0 Å². The maximum Gasteiger partial charge on any atom is 0.0555 e. The lowest BCUT2D eigenvalue weighted by Crippen LogP contribution is -2.46. The minimum atomic E-state index is -0.170. The molecule has 3 nitrogen and oxygen atoms in total. The second-order valence-corrected chi connectivity index (χ2v) is 5.88. The topological polar surface area (TPSA) is 43.7 Å². The molecule has 4 atom stereocenters. The van der Waals surface area contributed by atoms with Crippen molar-refractivity contribution in [1.82, 2.24) is 4.90 Å². The van der Waals surface area contributed by atoms with Gasteiger partial charge in [0.05, 0.1) is 12.2 Å². The fourth-order valence-corrected chi connectivity index (χ4v) is 3.11. The second kappa shape index (κ2) is 8.13. The van der Waals surface area contributed by atoms with Crippen molar-refractivity contribution in [3.05, 3.63) is 0 Å². The molecule has 0 saturated carbocycles. The van der Waals surface area contributed by atoms with Crippen LogP contribution in [-0.2, 0) is 0 Å². The lowest BCUT2D eigenvalue weighted by atomic mass is 9.89. The quantitative estimate of drug-likeness (QED) is 0.736. The number of likely N-dealkylation sites (tertiary alicyclic amines) is 1. The van der Waals surface area contributed by atoms with Crippen LogP contribution in [0.3, 0.4) is 0 Å². The summed E-state index contributed by atoms with van der Waals surface area (Å²) in [6.45, 7) is 4.16. The molecule has 18 heavy (non-hydrogen) atoms. The van der Waals surface area contributed by atoms with Gasteiger partial charge in [0.1, 0.15) is 0 Å². The molecular weight excluding hydrogens is 226 g/mol. The molecule has 0 radical (unpaired) electrons. The second-order valence-electron chi connectivity index (χ2n) is 5.88. The van der Waals surface area contributed by atoms with E-state index >= 15 is 0 Å². The van der Waals surface area contributed by atoms with Crippen LogP contribution in [0.4, 0.5) is 0 Å². The SMILES string of the molecule is CCC[C@@H](O)C[C@@H]1CCC[C@H](C[C@@H](O)CC)N1C. The van der Waals surface area contributed by atoms with Gasteiger partial charge in [0.25, 0.3) is 0 Å². The van der Waals surface area contributed by atoms with Crippen molar-refractivity contribution in [2.75, 3.05) is 7.05 Å². The highest BCUT2D eigenvalue weighted by Crippen LogP contribution is 2.27. The normalized spacial score (nSPS) is 29.2. The van der Waals surface area contributed by atoms with Crippen LogP contribution in [0.25, 0.3) is 0 Å². The highest BCUT2D eigenvalue weighted by Gasteiger charge is 2.29. The Morgan fingerprint density at radius 1 is 1.06 bits per heavy atom. The van der Waals surface area contributed by atoms with E-state index in [9.17, 15) is 10.2 Å². The smallest absolute Gasteiger partial charge is 0.0555 e. The summed E-state index contributed by atoms with van der Waals surface area (Å²) >= 11 is 0. The number of piperidine rings is 1. The molecule has 3 heteroatoms. The predicted octanol–water partition coefficient (Wildman–Crippen LogP) is 2.55. The number of nitrogens with zero attached hydrogens (tertiary/aromatic N) is 1. The summed E-state index contributed by atoms with van der Waals surface area (Å²) in [5.74, 6) is 0. The lowest BCUT2D eigenvalue weighted by Gasteiger charge is -2.41. The lowest BCUT2D eigenvalue weighted by molar-refractivity contribution is 0.0331. The van der Waals surface area contributed by atoms with Gasteiger partial charge in [0.2, 0.25) is 0 Å². The average molecular weight is 257 g/mol. The van der Waals surface area contributed by atoms with Crippen LogP contribution >= 0.6 is 0 Å². The molecule has 0 spiro atoms. The van der Waals surface area contributed by atoms with Crippen molar-refractivity contribution in [3.63, 3.8) is 0 Å². The van der Waals surface area contributed by atoms with Crippen LogP contribution < -0.4 is 0 Å². The van der Waals surface area contributed by atoms with Crippen molar-refractivity contribution in [1.29, 1.82) is 0 Å². The molecule has 0 aromatic heterocycles. The van der Waals surface area contributed by atoms with Crippen molar-refractivity contribution in [2.24, 2.45) is 0 Å². The van der Waals surface area contributed by atoms with Gasteiger partial charge in [-0.3, -0.25) is 0 Å². The molecule has 108 valence electrons. The van der Waals surface area contributed by atoms with E-state index in [0.29, 0.717) is 12.1 Å². The van der Waals surface area contributed by atoms with Crippen molar-refractivity contribution in [3.8, 4) is 0 Å². The van der Waals surface area contributed by atoms with Crippen LogP contribution in [0.1, 0.15) is 65.2 Å². The fourth-order valence-electron chi connectivity index (χ4n) is 3.11. The summed E-state index contributed by atoms with van der Waals surface area (Å²) in [5, 5.41) is 19.8. The summed E-state index contributed by atoms with van der Waals surface area (Å²) in [5.41, 5.74) is 0. The van der Waals surface area contributed by atoms with Crippen LogP contribution in [0, 0.1) is 0 Å². The Kier molecular flexibility index (Phi) is 7.20. The molecule has 0 aromatic rings. The summed E-state index contributed by atoms with van der Waals surface area (Å²) in [6, 6.07) is 0.988. The largest absolute Gasteiger partial charge is 0.393 e. The van der Waals surface area contributed by atoms with Gasteiger partial charge in [0.15, 0.2) is 0 Å². The zero-order valence-electron chi connectivity index (χ0n) is 12.3. The Bertz CT molecular complexity index is 223. The number of aliphatic hydroxyl groups excluding tert-OH is 2. The number of rotatable bonds is 7. The molecule has 0 unspecified atom stereocenters. The fraction of sp³-hybridized carbons (Fsp3) is 1.00. The number of aliphatic hydroxyl groups is 2. The van der Waals surface area contributed by atoms with Gasteiger partial charge in [-0.25, -0.2) is 0 Å². The standard InChI is InChI=1S/C15H31NO2/c1-4-7-15(18)11-13-9-6-8-12(16(13)3)10-14(17)5-2/h12-15,17-18H,4-11H2,1-3H3/t12-,13+,14+,15-/m1/s1. The van der Waals surface area contributed by atoms with Gasteiger partial charge in [-0.15, -0.1) is 0 Å². The van der Waals surface area contributed by atoms with Crippen molar-refractivity contribution < 1.29 is 10.2 Å². The number of hydrogen-bond acceptors (Lipinski definition) is 3. The van der Waals surface area contributed by atoms with Gasteiger partial charge in [-0.05, 0) is 45.6 Å². The van der Waals surface area contributed by atoms with Gasteiger partial charge < -0.3 is 15.1 Å². The highest BCUT2D eigenvalue weighted by molar-refractivity contribution is 4.85. The molecule has 0 amide bonds. The molecule has 1 aliphatic rings. The molecule has 1 heterocycles. The third-order valence-corrected chi connectivity index (χ3v) is 4.41. The van der Waals surface area contributed by atoms with Crippen LogP contribution in [-0.4, -0.2) is 46.5 Å². The highest BCUT2D eigenvalue weighted by atomic mass is 16.3. The van der Waals surface area contributed by atoms with E-state index in [1.54, 1.807) is 0 Å². The van der Waals surface area contributed by atoms with Gasteiger partial charge >= 0.3 is 0 Å². The minimum absolute atomic E-state index is 0.155. The third-order valence-electron chi connectivity index (χ3n) is 4.41. The first-order valence-electron chi connectivity index (χ1n) is 7.66. The third kappa shape index (κ3) is 4.87. The zero-order chi connectivity index (χ0) is 13.5. The molecular formula is C15H31NO2. The Labute approximate surface area is 112 Å². The molecule has 2 N–H and O–H groups in total. The van der Waals surface area contributed by atoms with E-state index in [1.165, 1.54) is 19.3 Å². The Morgan fingerprint density at radius 2 is 1.61 bits per heavy atom. The first kappa shape index (κ1) is 15.9. The van der Waals surface area contributed by atoms with Crippen molar-refractivity contribution >= 4 is 0 Å². The van der Waals surface area contributed by atoms with Crippen LogP contribution in [0.2, 0.25) is 0 Å². The van der Waals surface area contributed by atoms with E-state index in [-0.39, 0.29) is 12.2 Å². The Morgan fingerprint density at radius 3 is 2.11 bits per heavy atom. The number of hydrogen-bond donors (Lipinski definition) is 2. The maximum absolute atomic E-state index is 9.96. The maximum atomic E-state index is 9.96. The van der Waals surface area contributed by atoms with Crippen molar-refractivity contribution in [2.45, 2.75) is 89.5 Å². The molecule has 1 saturated heterocycles. The molecule has 1 fully saturated rings. The minimum Gasteiger partial charge on any atom is -0.393 e. The Hall–Kier alpha value is -0.120. The molecule has 1 rings (SSSR count). The Balaban J connectivity index is 2.44. The average Bonchev–Trinajstić information content (AvgIpc) is 2.34. The summed E-state index contributed by atoms with van der Waals surface area (Å²) in [6.07, 6.45) is 7.86. The van der Waals surface area contributed by atoms with E-state index in [2.05, 4.69) is 18.9 Å². The van der Waals surface area contributed by atoms with E-state index in [1.807, 2.05) is 6.92 Å². The van der Waals surface area contributed by atoms with Gasteiger partial charge in [-0.2, -0.15) is 0 Å². The van der Waals surface area contributed by atoms with Crippen LogP contribution in [0.5, 0.6) is 0 Å². The molecule has 0 aliphatic carbocycles. The first-order chi connectivity index (χ1) is 8.58. The van der Waals surface area contributed by atoms with Gasteiger partial charge in [0, 0.05) is 12.1 Å². The first-order valence-corrected chi connectivity index (χ1v) is 7.66. The molecule has 1 aliphatic heterocycles. The van der Waals surface area contributed by atoms with E-state index in [4.69, 9.17) is 0 Å². The van der Waals surface area contributed by atoms with E-state index < -0.39 is 0 Å². The summed E-state index contributed by atoms with van der Waals surface area (Å²) < 4.78 is 0. The van der Waals surface area contributed by atoms with Gasteiger partial charge in [-0.1, -0.05) is 26.7 Å². The zero-order valence-corrected chi connectivity index (χ0v) is 12.3. The molecule has 0 aromatic carbocycles.